The van der Waals surface area contributed by atoms with E-state index in [1.165, 1.54) is 17.8 Å². The first kappa shape index (κ1) is 15.1. The average molecular weight is 289 g/mol. The maximum absolute atomic E-state index is 11.8. The molecule has 1 unspecified atom stereocenters. The van der Waals surface area contributed by atoms with Crippen molar-refractivity contribution in [1.82, 2.24) is 5.32 Å². The third-order valence-electron chi connectivity index (χ3n) is 2.34. The molecule has 4 nitrogen and oxygen atoms in total. The molecule has 6 heteroatoms. The van der Waals surface area contributed by atoms with Gasteiger partial charge in [-0.15, -0.1) is 0 Å². The number of anilines is 1. The molecule has 1 amide bonds. The quantitative estimate of drug-likeness (QED) is 0.722. The Morgan fingerprint density at radius 1 is 1.61 bits per heavy atom. The number of hydrogen-bond donors (Lipinski definition) is 3. The largest absolute Gasteiger partial charge is 0.398 e. The highest BCUT2D eigenvalue weighted by Crippen LogP contribution is 2.19. The molecule has 1 aromatic carbocycles. The van der Waals surface area contributed by atoms with Crippen LogP contribution in [-0.4, -0.2) is 35.2 Å². The Morgan fingerprint density at radius 3 is 2.83 bits per heavy atom. The minimum Gasteiger partial charge on any atom is -0.398 e. The number of thioether (sulfide) groups is 1. The number of aliphatic hydroxyl groups is 1. The van der Waals surface area contributed by atoms with Gasteiger partial charge in [0, 0.05) is 17.9 Å². The van der Waals surface area contributed by atoms with Gasteiger partial charge >= 0.3 is 0 Å². The molecule has 0 saturated carbocycles. The van der Waals surface area contributed by atoms with Gasteiger partial charge in [-0.1, -0.05) is 11.6 Å². The van der Waals surface area contributed by atoms with Crippen LogP contribution in [0.2, 0.25) is 5.02 Å². The number of halogens is 1. The fourth-order valence-electron chi connectivity index (χ4n) is 1.42. The summed E-state index contributed by atoms with van der Waals surface area (Å²) in [4.78, 5) is 11.8. The Balaban J connectivity index is 2.63. The van der Waals surface area contributed by atoms with Gasteiger partial charge < -0.3 is 16.2 Å². The van der Waals surface area contributed by atoms with Crippen LogP contribution in [0.25, 0.3) is 0 Å². The van der Waals surface area contributed by atoms with Gasteiger partial charge in [0.05, 0.1) is 16.3 Å². The normalized spacial score (nSPS) is 14.0. The van der Waals surface area contributed by atoms with E-state index in [4.69, 9.17) is 17.3 Å². The van der Waals surface area contributed by atoms with Crippen LogP contribution in [0.15, 0.2) is 18.2 Å². The van der Waals surface area contributed by atoms with Crippen LogP contribution >= 0.6 is 23.4 Å². The van der Waals surface area contributed by atoms with Crippen molar-refractivity contribution in [2.24, 2.45) is 0 Å². The van der Waals surface area contributed by atoms with Crippen molar-refractivity contribution in [2.75, 3.05) is 24.3 Å². The van der Waals surface area contributed by atoms with Gasteiger partial charge in [0.15, 0.2) is 0 Å². The van der Waals surface area contributed by atoms with E-state index in [1.807, 2.05) is 6.26 Å². The van der Waals surface area contributed by atoms with Gasteiger partial charge in [-0.05, 0) is 31.4 Å². The molecule has 1 rings (SSSR count). The Morgan fingerprint density at radius 2 is 2.28 bits per heavy atom. The smallest absolute Gasteiger partial charge is 0.251 e. The number of carbonyl (C=O) groups excluding carboxylic acids is 1. The maximum atomic E-state index is 11.8. The summed E-state index contributed by atoms with van der Waals surface area (Å²) in [6.45, 7) is 1.87. The summed E-state index contributed by atoms with van der Waals surface area (Å²) in [5.74, 6) is 0.274. The van der Waals surface area contributed by atoms with Gasteiger partial charge in [0.25, 0.3) is 5.91 Å². The number of nitrogens with two attached hydrogens (primary N) is 1. The molecule has 100 valence electrons. The van der Waals surface area contributed by atoms with Crippen molar-refractivity contribution >= 4 is 35.0 Å². The predicted octanol–water partition coefficient (Wildman–Crippen LogP) is 1.77. The molecule has 0 fully saturated rings. The molecule has 18 heavy (non-hydrogen) atoms. The topological polar surface area (TPSA) is 75.3 Å². The molecule has 0 aliphatic heterocycles. The molecular formula is C12H17ClN2O2S. The van der Waals surface area contributed by atoms with Crippen molar-refractivity contribution < 1.29 is 9.90 Å². The fourth-order valence-corrected chi connectivity index (χ4v) is 2.26. The molecule has 0 aliphatic carbocycles. The van der Waals surface area contributed by atoms with Crippen LogP contribution in [0.3, 0.4) is 0 Å². The number of nitrogens with one attached hydrogen (secondary N) is 1. The molecular weight excluding hydrogens is 272 g/mol. The second-order valence-corrected chi connectivity index (χ2v) is 5.62. The van der Waals surface area contributed by atoms with E-state index in [2.05, 4.69) is 5.32 Å². The molecule has 0 saturated heterocycles. The number of benzene rings is 1. The summed E-state index contributed by atoms with van der Waals surface area (Å²) in [6, 6.07) is 4.68. The summed E-state index contributed by atoms with van der Waals surface area (Å²) in [7, 11) is 0. The van der Waals surface area contributed by atoms with Crippen molar-refractivity contribution in [3.05, 3.63) is 28.8 Å². The van der Waals surface area contributed by atoms with Crippen LogP contribution in [0.1, 0.15) is 17.3 Å². The number of amides is 1. The highest BCUT2D eigenvalue weighted by Gasteiger charge is 2.20. The lowest BCUT2D eigenvalue weighted by molar-refractivity contribution is 0.0725. The summed E-state index contributed by atoms with van der Waals surface area (Å²) in [5, 5.41) is 13.0. The van der Waals surface area contributed by atoms with E-state index in [-0.39, 0.29) is 12.5 Å². The average Bonchev–Trinajstić information content (AvgIpc) is 2.30. The van der Waals surface area contributed by atoms with Gasteiger partial charge in [0.1, 0.15) is 0 Å². The lowest BCUT2D eigenvalue weighted by Crippen LogP contribution is -2.42. The van der Waals surface area contributed by atoms with Crippen molar-refractivity contribution in [3.8, 4) is 0 Å². The second kappa shape index (κ2) is 6.31. The minimum absolute atomic E-state index is 0.190. The van der Waals surface area contributed by atoms with Crippen LogP contribution in [0, 0.1) is 0 Å². The summed E-state index contributed by atoms with van der Waals surface area (Å²) < 4.78 is 0. The zero-order valence-electron chi connectivity index (χ0n) is 10.4. The lowest BCUT2D eigenvalue weighted by atomic mass is 10.1. The monoisotopic (exact) mass is 288 g/mol. The number of carbonyl (C=O) groups is 1. The SMILES string of the molecule is CSCC(C)(O)CNC(=O)c1ccc(Cl)c(N)c1. The van der Waals surface area contributed by atoms with Gasteiger partial charge in [-0.25, -0.2) is 0 Å². The van der Waals surface area contributed by atoms with Crippen LogP contribution in [0.5, 0.6) is 0 Å². The summed E-state index contributed by atoms with van der Waals surface area (Å²) >= 11 is 7.30. The molecule has 0 spiro atoms. The fraction of sp³-hybridized carbons (Fsp3) is 0.417. The van der Waals surface area contributed by atoms with E-state index < -0.39 is 5.60 Å². The molecule has 1 atom stereocenters. The van der Waals surface area contributed by atoms with Gasteiger partial charge in [0.2, 0.25) is 0 Å². The maximum Gasteiger partial charge on any atom is 0.251 e. The van der Waals surface area contributed by atoms with E-state index >= 15 is 0 Å². The molecule has 0 radical (unpaired) electrons. The highest BCUT2D eigenvalue weighted by molar-refractivity contribution is 7.98. The van der Waals surface area contributed by atoms with E-state index in [0.717, 1.165) is 0 Å². The van der Waals surface area contributed by atoms with E-state index in [0.29, 0.717) is 22.0 Å². The first-order valence-electron chi connectivity index (χ1n) is 5.40. The second-order valence-electron chi connectivity index (χ2n) is 4.35. The standard InChI is InChI=1S/C12H17ClN2O2S/c1-12(17,7-18-2)6-15-11(16)8-3-4-9(13)10(14)5-8/h3-5,17H,6-7,14H2,1-2H3,(H,15,16). The van der Waals surface area contributed by atoms with Gasteiger partial charge in [-0.3, -0.25) is 4.79 Å². The van der Waals surface area contributed by atoms with E-state index in [9.17, 15) is 9.90 Å². The number of rotatable bonds is 5. The molecule has 0 aliphatic rings. The summed E-state index contributed by atoms with van der Waals surface area (Å²) in [5.41, 5.74) is 5.49. The first-order valence-corrected chi connectivity index (χ1v) is 7.17. The molecule has 0 aromatic heterocycles. The Kier molecular flexibility index (Phi) is 5.31. The van der Waals surface area contributed by atoms with Crippen LogP contribution in [0.4, 0.5) is 5.69 Å². The zero-order chi connectivity index (χ0) is 13.8. The molecule has 0 heterocycles. The molecule has 1 aromatic rings. The number of hydrogen-bond acceptors (Lipinski definition) is 4. The zero-order valence-corrected chi connectivity index (χ0v) is 11.9. The third-order valence-corrected chi connectivity index (χ3v) is 3.60. The van der Waals surface area contributed by atoms with Crippen molar-refractivity contribution in [2.45, 2.75) is 12.5 Å². The lowest BCUT2D eigenvalue weighted by Gasteiger charge is -2.22. The highest BCUT2D eigenvalue weighted by atomic mass is 35.5. The Labute approximate surface area is 116 Å². The van der Waals surface area contributed by atoms with Gasteiger partial charge in [-0.2, -0.15) is 11.8 Å². The van der Waals surface area contributed by atoms with Crippen molar-refractivity contribution in [3.63, 3.8) is 0 Å². The van der Waals surface area contributed by atoms with Crippen LogP contribution in [-0.2, 0) is 0 Å². The predicted molar refractivity (Wildman–Crippen MR) is 77.2 cm³/mol. The Hall–Kier alpha value is -0.910. The molecule has 4 N–H and O–H groups in total. The first-order chi connectivity index (χ1) is 8.35. The molecule has 0 bridgehead atoms. The Bertz CT molecular complexity index is 438. The third kappa shape index (κ3) is 4.40. The summed E-state index contributed by atoms with van der Waals surface area (Å²) in [6.07, 6.45) is 1.90. The van der Waals surface area contributed by atoms with E-state index in [1.54, 1.807) is 19.1 Å². The minimum atomic E-state index is -0.924. The van der Waals surface area contributed by atoms with Crippen LogP contribution < -0.4 is 11.1 Å². The van der Waals surface area contributed by atoms with Crippen molar-refractivity contribution in [1.29, 1.82) is 0 Å². The number of nitrogen functional groups attached to an aromatic ring is 1.